The van der Waals surface area contributed by atoms with Crippen LogP contribution in [-0.4, -0.2) is 273 Å². The van der Waals surface area contributed by atoms with Crippen LogP contribution in [0, 0.1) is 50.2 Å². The molecule has 0 spiro atoms. The molecule has 4 saturated carbocycles. The first-order valence-electron chi connectivity index (χ1n) is 31.2. The Labute approximate surface area is 510 Å². The molecule has 5 saturated heterocycles. The van der Waals surface area contributed by atoms with Crippen LogP contribution in [0.15, 0.2) is 11.6 Å². The zero-order valence-electron chi connectivity index (χ0n) is 51.1. The van der Waals surface area contributed by atoms with Crippen molar-refractivity contribution in [3.8, 4) is 0 Å². The van der Waals surface area contributed by atoms with Gasteiger partial charge in [0.25, 0.3) is 0 Å². The van der Waals surface area contributed by atoms with Crippen molar-refractivity contribution in [2.45, 2.75) is 279 Å². The van der Waals surface area contributed by atoms with Crippen molar-refractivity contribution in [3.63, 3.8) is 0 Å². The van der Waals surface area contributed by atoms with E-state index in [0.717, 1.165) is 5.57 Å². The summed E-state index contributed by atoms with van der Waals surface area (Å²) in [4.78, 5) is 28.0. The van der Waals surface area contributed by atoms with Crippen LogP contribution in [-0.2, 0) is 57.0 Å². The van der Waals surface area contributed by atoms with Gasteiger partial charge in [-0.3, -0.25) is 4.79 Å². The number of ether oxygens (including phenoxy) is 10. The Hall–Kier alpha value is -2.28. The summed E-state index contributed by atoms with van der Waals surface area (Å²) in [6.07, 6.45) is -36.9. The van der Waals surface area contributed by atoms with Crippen molar-refractivity contribution in [1.82, 2.24) is 0 Å². The van der Waals surface area contributed by atoms with Gasteiger partial charge in [-0.1, -0.05) is 53.2 Å². The van der Waals surface area contributed by atoms with Gasteiger partial charge in [-0.2, -0.15) is 0 Å². The maximum atomic E-state index is 15.4. The Morgan fingerprint density at radius 3 is 1.56 bits per heavy atom. The first-order valence-corrected chi connectivity index (χ1v) is 31.2. The lowest BCUT2D eigenvalue weighted by Gasteiger charge is -2.71. The summed E-state index contributed by atoms with van der Waals surface area (Å²) in [5.41, 5.74) is -2.70. The molecule has 10 aliphatic rings. The van der Waals surface area contributed by atoms with Crippen molar-refractivity contribution in [1.29, 1.82) is 0 Å². The van der Waals surface area contributed by atoms with Gasteiger partial charge in [0.05, 0.1) is 43.5 Å². The van der Waals surface area contributed by atoms with E-state index in [-0.39, 0.29) is 29.6 Å². The van der Waals surface area contributed by atoms with E-state index in [1.807, 2.05) is 6.92 Å². The van der Waals surface area contributed by atoms with Crippen LogP contribution in [0.5, 0.6) is 0 Å². The van der Waals surface area contributed by atoms with E-state index >= 15 is 4.79 Å². The van der Waals surface area contributed by atoms with Crippen LogP contribution in [0.4, 0.5) is 0 Å². The third-order valence-corrected chi connectivity index (χ3v) is 23.6. The van der Waals surface area contributed by atoms with Crippen LogP contribution >= 0.6 is 0 Å². The predicted octanol–water partition coefficient (Wildman–Crippen LogP) is -3.09. The second-order valence-electron chi connectivity index (χ2n) is 28.9. The van der Waals surface area contributed by atoms with Crippen molar-refractivity contribution >= 4 is 11.9 Å². The number of hydrogen-bond acceptors (Lipinski definition) is 27. The molecule has 5 aliphatic heterocycles. The molecule has 10 rings (SSSR count). The van der Waals surface area contributed by atoms with Crippen molar-refractivity contribution in [2.24, 2.45) is 50.2 Å². The summed E-state index contributed by atoms with van der Waals surface area (Å²) in [6.45, 7) is 13.8. The highest BCUT2D eigenvalue weighted by atomic mass is 16.8. The molecular weight excluding hydrogens is 1170 g/mol. The zero-order chi connectivity index (χ0) is 64.4. The third kappa shape index (κ3) is 11.2. The summed E-state index contributed by atoms with van der Waals surface area (Å²) < 4.78 is 60.3. The number of aliphatic hydroxyl groups is 15. The SMILES string of the molecule is C[C@@H]1O[C@@H](O[C@H]2[C@H](O[C@H]3[C@H](O[C@H]4CC[C@@]5(C)C(CC[C@]6(C)[C@@H]5CC=C5[C@@H]7CC(C)(C)CC[C@]7(C(=O)O[C@@H]7O[C@H](CO)[C@@H](O)[C@H](O)[C@H]7O[C@@H]7O[C@@H](C)[C@H](O)[C@@H](O)[C@H]7O)CC[C@]56C)[C@@]4(C)CO)O[C@H](C(=O)O)[C@@H](O)[C@@H]3O)O[C@H](CO)[C@H](O)[C@@H]2O)[C@H](O)[C@H](O)[C@H]1O. The normalized spacial score (nSPS) is 54.6. The standard InChI is InChI=1S/C60H96O28/c1-23-32(64)36(68)42(74)49(79-23)85-45-38(70)34(66)27(20-61)81-51(45)87-47-41(73)40(72)44(48(76)77)84-53(47)83-31-12-13-56(5)29(57(31,6)22-63)11-14-59(8)30(56)10-9-25-26-19-55(3,4)15-17-60(26,18-16-58(25,59)7)54(78)88-52-46(39(71)35(67)28(21-62)82-52)86-50-43(75)37(69)33(65)24(2)80-50/h9,23-24,26-47,49-53,61-75H,10-22H2,1-8H3,(H,76,77)/t23-,24-,26-,27+,28+,29?,30+,31-,32-,33-,34-,35+,36+,37+,38-,39-,40-,41-,42+,43+,44-,45+,46+,47+,49-,50-,51-,52-,53+,56-,57+,58+,59+,60-/m0/s1. The van der Waals surface area contributed by atoms with Gasteiger partial charge in [0.1, 0.15) is 97.7 Å². The smallest absolute Gasteiger partial charge is 0.335 e. The minimum absolute atomic E-state index is 0.0111. The maximum Gasteiger partial charge on any atom is 0.335 e. The van der Waals surface area contributed by atoms with Gasteiger partial charge < -0.3 is 129 Å². The lowest BCUT2D eigenvalue weighted by molar-refractivity contribution is -0.396. The molecule has 5 aliphatic carbocycles. The number of allylic oxidation sites excluding steroid dienone is 2. The Bertz CT molecular complexity index is 2510. The summed E-state index contributed by atoms with van der Waals surface area (Å²) in [6, 6.07) is 0. The van der Waals surface area contributed by atoms with Crippen LogP contribution in [0.2, 0.25) is 0 Å². The number of carbonyl (C=O) groups is 2. The van der Waals surface area contributed by atoms with Crippen LogP contribution in [0.1, 0.15) is 120 Å². The number of carboxylic acids is 1. The van der Waals surface area contributed by atoms with Crippen molar-refractivity contribution in [2.75, 3.05) is 19.8 Å². The monoisotopic (exact) mass is 1260 g/mol. The largest absolute Gasteiger partial charge is 0.479 e. The molecule has 504 valence electrons. The molecule has 0 aromatic rings. The number of aliphatic hydroxyl groups excluding tert-OH is 15. The predicted molar refractivity (Wildman–Crippen MR) is 295 cm³/mol. The van der Waals surface area contributed by atoms with Gasteiger partial charge in [-0.15, -0.1) is 0 Å². The fourth-order valence-electron chi connectivity index (χ4n) is 17.8. The molecule has 1 unspecified atom stereocenters. The molecule has 0 aromatic carbocycles. The molecule has 0 aromatic heterocycles. The van der Waals surface area contributed by atoms with Crippen molar-refractivity contribution < 1.29 is 139 Å². The Morgan fingerprint density at radius 2 is 1.02 bits per heavy atom. The minimum atomic E-state index is -2.15. The van der Waals surface area contributed by atoms with Crippen LogP contribution < -0.4 is 0 Å². The quantitative estimate of drug-likeness (QED) is 0.0466. The van der Waals surface area contributed by atoms with Crippen LogP contribution in [0.25, 0.3) is 0 Å². The number of carboxylic acid groups (broad SMARTS) is 1. The highest BCUT2D eigenvalue weighted by molar-refractivity contribution is 5.79. The van der Waals surface area contributed by atoms with Gasteiger partial charge in [0.2, 0.25) is 6.29 Å². The molecule has 16 N–H and O–H groups in total. The average Bonchev–Trinajstić information content (AvgIpc) is 0.728. The zero-order valence-corrected chi connectivity index (χ0v) is 51.1. The average molecular weight is 1270 g/mol. The van der Waals surface area contributed by atoms with Crippen molar-refractivity contribution in [3.05, 3.63) is 11.6 Å². The highest BCUT2D eigenvalue weighted by Gasteiger charge is 2.71. The van der Waals surface area contributed by atoms with E-state index in [0.29, 0.717) is 57.8 Å². The van der Waals surface area contributed by atoms with E-state index in [4.69, 9.17) is 47.4 Å². The van der Waals surface area contributed by atoms with E-state index in [9.17, 15) is 86.5 Å². The van der Waals surface area contributed by atoms with E-state index in [2.05, 4.69) is 40.7 Å². The molecule has 0 bridgehead atoms. The van der Waals surface area contributed by atoms with E-state index in [1.165, 1.54) is 13.8 Å². The topological polar surface area (TPSA) is 450 Å². The first kappa shape index (κ1) is 68.6. The summed E-state index contributed by atoms with van der Waals surface area (Å²) in [5, 5.41) is 174. The number of fused-ring (bicyclic) bond motifs is 7. The maximum absolute atomic E-state index is 15.4. The summed E-state index contributed by atoms with van der Waals surface area (Å²) in [7, 11) is 0. The molecule has 9 fully saturated rings. The van der Waals surface area contributed by atoms with Gasteiger partial charge in [0.15, 0.2) is 37.4 Å². The third-order valence-electron chi connectivity index (χ3n) is 23.6. The number of esters is 1. The van der Waals surface area contributed by atoms with Gasteiger partial charge in [-0.05, 0) is 117 Å². The Balaban J connectivity index is 0.913. The highest BCUT2D eigenvalue weighted by Crippen LogP contribution is 2.76. The molecule has 28 nitrogen and oxygen atoms in total. The van der Waals surface area contributed by atoms with Gasteiger partial charge in [-0.25, -0.2) is 4.79 Å². The first-order chi connectivity index (χ1) is 41.2. The Kier molecular flexibility index (Phi) is 19.6. The fraction of sp³-hybridized carbons (Fsp3) is 0.933. The number of carbonyl (C=O) groups excluding carboxylic acids is 1. The van der Waals surface area contributed by atoms with Crippen LogP contribution in [0.3, 0.4) is 0 Å². The second-order valence-corrected chi connectivity index (χ2v) is 28.9. The molecule has 5 heterocycles. The lowest BCUT2D eigenvalue weighted by Crippen LogP contribution is -2.68. The molecule has 88 heavy (non-hydrogen) atoms. The summed E-state index contributed by atoms with van der Waals surface area (Å²) in [5.74, 6) is -2.92. The number of aliphatic carboxylic acids is 1. The molecule has 0 amide bonds. The van der Waals surface area contributed by atoms with E-state index in [1.54, 1.807) is 0 Å². The molecule has 0 radical (unpaired) electrons. The molecular formula is C60H96O28. The van der Waals surface area contributed by atoms with Gasteiger partial charge in [0, 0.05) is 5.41 Å². The number of hydrogen-bond donors (Lipinski definition) is 16. The summed E-state index contributed by atoms with van der Waals surface area (Å²) >= 11 is 0. The molecule has 34 atom stereocenters. The molecule has 28 heteroatoms. The second kappa shape index (κ2) is 25.1. The van der Waals surface area contributed by atoms with E-state index < -0.39 is 218 Å². The lowest BCUT2D eigenvalue weighted by atomic mass is 9.33. The minimum Gasteiger partial charge on any atom is -0.479 e. The Morgan fingerprint density at radius 1 is 0.523 bits per heavy atom. The number of rotatable bonds is 14. The van der Waals surface area contributed by atoms with Gasteiger partial charge >= 0.3 is 11.9 Å². The fourth-order valence-corrected chi connectivity index (χ4v) is 17.8.